The second kappa shape index (κ2) is 6.76. The molecule has 1 aromatic heterocycles. The van der Waals surface area contributed by atoms with Crippen molar-refractivity contribution in [3.63, 3.8) is 0 Å². The molecule has 0 aliphatic carbocycles. The van der Waals surface area contributed by atoms with Gasteiger partial charge in [-0.15, -0.1) is 0 Å². The summed E-state index contributed by atoms with van der Waals surface area (Å²) in [4.78, 5) is 3.99. The number of nitrogens with one attached hydrogen (secondary N) is 1. The smallest absolute Gasteiger partial charge is 0.188 e. The van der Waals surface area contributed by atoms with Gasteiger partial charge in [0.15, 0.2) is 5.84 Å². The third kappa shape index (κ3) is 3.84. The molecule has 4 N–H and O–H groups in total. The molecule has 6 nitrogen and oxygen atoms in total. The zero-order valence-electron chi connectivity index (χ0n) is 9.18. The molecular formula is C10H16N4O2. The maximum absolute atomic E-state index is 8.52. The number of hydrogen-bond acceptors (Lipinski definition) is 5. The fourth-order valence-electron chi connectivity index (χ4n) is 1.18. The van der Waals surface area contributed by atoms with Crippen LogP contribution in [0.3, 0.4) is 0 Å². The fourth-order valence-corrected chi connectivity index (χ4v) is 1.18. The highest BCUT2D eigenvalue weighted by Crippen LogP contribution is 2.01. The molecule has 1 rings (SSSR count). The molecule has 0 aliphatic heterocycles. The molecule has 0 aromatic carbocycles. The van der Waals surface area contributed by atoms with Gasteiger partial charge in [0.1, 0.15) is 5.69 Å². The fraction of sp³-hybridized carbons (Fsp3) is 0.400. The maximum atomic E-state index is 8.52. The summed E-state index contributed by atoms with van der Waals surface area (Å²) >= 11 is 0. The highest BCUT2D eigenvalue weighted by atomic mass is 16.5. The van der Waals surface area contributed by atoms with Gasteiger partial charge in [-0.25, -0.2) is 0 Å². The molecule has 0 spiro atoms. The Kier molecular flexibility index (Phi) is 5.24. The summed E-state index contributed by atoms with van der Waals surface area (Å²) in [6, 6.07) is 3.64. The number of ether oxygens (including phenoxy) is 1. The van der Waals surface area contributed by atoms with Crippen molar-refractivity contribution in [1.82, 2.24) is 10.3 Å². The van der Waals surface area contributed by atoms with Crippen LogP contribution >= 0.6 is 0 Å². The molecule has 0 atom stereocenters. The highest BCUT2D eigenvalue weighted by molar-refractivity contribution is 5.95. The van der Waals surface area contributed by atoms with E-state index in [-0.39, 0.29) is 5.84 Å². The molecule has 0 saturated heterocycles. The first-order valence-electron chi connectivity index (χ1n) is 4.90. The number of oxime groups is 1. The average molecular weight is 224 g/mol. The van der Waals surface area contributed by atoms with E-state index in [1.54, 1.807) is 19.4 Å². The standard InChI is InChI=1S/C10H16N4O2/c1-16-5-4-12-7-8-2-3-13-9(6-8)10(11)14-15/h2-3,6,12,15H,4-5,7H2,1H3,(H2,11,14). The Morgan fingerprint density at radius 1 is 1.69 bits per heavy atom. The van der Waals surface area contributed by atoms with Crippen LogP contribution in [0.2, 0.25) is 0 Å². The minimum absolute atomic E-state index is 0.0127. The molecule has 0 fully saturated rings. The summed E-state index contributed by atoms with van der Waals surface area (Å²) in [6.45, 7) is 2.13. The van der Waals surface area contributed by atoms with E-state index in [1.807, 2.05) is 6.07 Å². The Morgan fingerprint density at radius 2 is 2.50 bits per heavy atom. The second-order valence-electron chi connectivity index (χ2n) is 3.20. The van der Waals surface area contributed by atoms with Gasteiger partial charge >= 0.3 is 0 Å². The van der Waals surface area contributed by atoms with Crippen LogP contribution in [0.25, 0.3) is 0 Å². The molecule has 1 aromatic rings. The summed E-state index contributed by atoms with van der Waals surface area (Å²) in [5.74, 6) is 0.0127. The predicted molar refractivity (Wildman–Crippen MR) is 60.3 cm³/mol. The number of nitrogens with zero attached hydrogens (tertiary/aromatic N) is 2. The monoisotopic (exact) mass is 224 g/mol. The second-order valence-corrected chi connectivity index (χ2v) is 3.20. The van der Waals surface area contributed by atoms with Crippen LogP contribution in [0.5, 0.6) is 0 Å². The minimum atomic E-state index is 0.0127. The zero-order chi connectivity index (χ0) is 11.8. The topological polar surface area (TPSA) is 92.8 Å². The summed E-state index contributed by atoms with van der Waals surface area (Å²) < 4.78 is 4.91. The molecule has 16 heavy (non-hydrogen) atoms. The minimum Gasteiger partial charge on any atom is -0.409 e. The lowest BCUT2D eigenvalue weighted by molar-refractivity contribution is 0.199. The predicted octanol–water partition coefficient (Wildman–Crippen LogP) is -0.0879. The molecule has 0 radical (unpaired) electrons. The largest absolute Gasteiger partial charge is 0.409 e. The van der Waals surface area contributed by atoms with Crippen molar-refractivity contribution in [1.29, 1.82) is 0 Å². The summed E-state index contributed by atoms with van der Waals surface area (Å²) in [7, 11) is 1.66. The van der Waals surface area contributed by atoms with Crippen LogP contribution in [-0.4, -0.2) is 36.3 Å². The molecule has 0 bridgehead atoms. The number of nitrogens with two attached hydrogens (primary N) is 1. The van der Waals surface area contributed by atoms with E-state index >= 15 is 0 Å². The number of aromatic nitrogens is 1. The van der Waals surface area contributed by atoms with Crippen LogP contribution in [0.15, 0.2) is 23.5 Å². The normalized spacial score (nSPS) is 11.7. The first-order chi connectivity index (χ1) is 7.77. The van der Waals surface area contributed by atoms with Gasteiger partial charge < -0.3 is 21.0 Å². The lowest BCUT2D eigenvalue weighted by atomic mass is 10.2. The zero-order valence-corrected chi connectivity index (χ0v) is 9.18. The average Bonchev–Trinajstić information content (AvgIpc) is 2.34. The van der Waals surface area contributed by atoms with Crippen molar-refractivity contribution in [2.75, 3.05) is 20.3 Å². The van der Waals surface area contributed by atoms with Crippen molar-refractivity contribution >= 4 is 5.84 Å². The Balaban J connectivity index is 2.54. The first kappa shape index (κ1) is 12.4. The van der Waals surface area contributed by atoms with Gasteiger partial charge in [-0.2, -0.15) is 0 Å². The molecule has 0 unspecified atom stereocenters. The van der Waals surface area contributed by atoms with Crippen molar-refractivity contribution in [3.05, 3.63) is 29.6 Å². The Labute approximate surface area is 94.1 Å². The third-order valence-corrected chi connectivity index (χ3v) is 2.01. The molecular weight excluding hydrogens is 208 g/mol. The summed E-state index contributed by atoms with van der Waals surface area (Å²) in [5.41, 5.74) is 6.92. The molecule has 0 saturated carbocycles. The van der Waals surface area contributed by atoms with E-state index < -0.39 is 0 Å². The third-order valence-electron chi connectivity index (χ3n) is 2.01. The lowest BCUT2D eigenvalue weighted by Crippen LogP contribution is -2.20. The number of pyridine rings is 1. The summed E-state index contributed by atoms with van der Waals surface area (Å²) in [6.07, 6.45) is 1.63. The van der Waals surface area contributed by atoms with Gasteiger partial charge in [-0.3, -0.25) is 4.98 Å². The van der Waals surface area contributed by atoms with Crippen LogP contribution in [0, 0.1) is 0 Å². The molecule has 6 heteroatoms. The number of hydrogen-bond donors (Lipinski definition) is 3. The van der Waals surface area contributed by atoms with Gasteiger partial charge in [0.2, 0.25) is 0 Å². The van der Waals surface area contributed by atoms with E-state index in [4.69, 9.17) is 15.7 Å². The van der Waals surface area contributed by atoms with E-state index in [1.165, 1.54) is 0 Å². The van der Waals surface area contributed by atoms with Gasteiger partial charge in [-0.1, -0.05) is 5.16 Å². The highest BCUT2D eigenvalue weighted by Gasteiger charge is 2.01. The van der Waals surface area contributed by atoms with Crippen molar-refractivity contribution in [2.45, 2.75) is 6.54 Å². The van der Waals surface area contributed by atoms with Gasteiger partial charge in [-0.05, 0) is 17.7 Å². The molecule has 88 valence electrons. The molecule has 1 heterocycles. The van der Waals surface area contributed by atoms with Crippen LogP contribution in [0.1, 0.15) is 11.3 Å². The van der Waals surface area contributed by atoms with Gasteiger partial charge in [0.25, 0.3) is 0 Å². The van der Waals surface area contributed by atoms with Crippen molar-refractivity contribution in [2.24, 2.45) is 10.9 Å². The number of rotatable bonds is 6. The first-order valence-corrected chi connectivity index (χ1v) is 4.90. The quantitative estimate of drug-likeness (QED) is 0.206. The van der Waals surface area contributed by atoms with Crippen LogP contribution in [-0.2, 0) is 11.3 Å². The Morgan fingerprint density at radius 3 is 3.19 bits per heavy atom. The van der Waals surface area contributed by atoms with Crippen LogP contribution < -0.4 is 11.1 Å². The Bertz CT molecular complexity index is 354. The lowest BCUT2D eigenvalue weighted by Gasteiger charge is -2.05. The van der Waals surface area contributed by atoms with Gasteiger partial charge in [0, 0.05) is 26.4 Å². The number of amidine groups is 1. The van der Waals surface area contributed by atoms with E-state index in [2.05, 4.69) is 15.5 Å². The summed E-state index contributed by atoms with van der Waals surface area (Å²) in [5, 5.41) is 14.6. The van der Waals surface area contributed by atoms with E-state index in [0.29, 0.717) is 18.8 Å². The van der Waals surface area contributed by atoms with Crippen molar-refractivity contribution in [3.8, 4) is 0 Å². The van der Waals surface area contributed by atoms with Crippen molar-refractivity contribution < 1.29 is 9.94 Å². The maximum Gasteiger partial charge on any atom is 0.188 e. The van der Waals surface area contributed by atoms with E-state index in [9.17, 15) is 0 Å². The van der Waals surface area contributed by atoms with Crippen LogP contribution in [0.4, 0.5) is 0 Å². The Hall–Kier alpha value is -1.66. The molecule has 0 amide bonds. The van der Waals surface area contributed by atoms with E-state index in [0.717, 1.165) is 12.1 Å². The molecule has 0 aliphatic rings. The van der Waals surface area contributed by atoms with Gasteiger partial charge in [0.05, 0.1) is 6.61 Å². The SMILES string of the molecule is COCCNCc1ccnc(C(N)=NO)c1. The number of methoxy groups -OCH3 is 1.